The van der Waals surface area contributed by atoms with E-state index in [2.05, 4.69) is 40.7 Å². The third kappa shape index (κ3) is 3.51. The number of nitrogens with zero attached hydrogens (tertiary/aromatic N) is 1. The minimum Gasteiger partial charge on any atom is -0.314 e. The molecule has 0 aromatic heterocycles. The molecule has 1 heterocycles. The molecular weight excluding hydrogens is 295 g/mol. The van der Waals surface area contributed by atoms with E-state index in [4.69, 9.17) is 0 Å². The maximum absolute atomic E-state index is 13.3. The first kappa shape index (κ1) is 15.5. The molecule has 2 aromatic rings. The third-order valence-electron chi connectivity index (χ3n) is 4.13. The normalized spacial score (nSPS) is 17.4. The molecule has 0 radical (unpaired) electrons. The van der Waals surface area contributed by atoms with E-state index in [1.807, 2.05) is 12.1 Å². The number of hydrogen-bond acceptors (Lipinski definition) is 3. The summed E-state index contributed by atoms with van der Waals surface area (Å²) in [4.78, 5) is 3.74. The Bertz CT molecular complexity index is 591. The third-order valence-corrected chi connectivity index (χ3v) is 4.88. The van der Waals surface area contributed by atoms with Gasteiger partial charge < -0.3 is 5.32 Å². The van der Waals surface area contributed by atoms with E-state index >= 15 is 0 Å². The van der Waals surface area contributed by atoms with E-state index in [9.17, 15) is 4.39 Å². The molecule has 0 saturated carbocycles. The number of benzene rings is 2. The van der Waals surface area contributed by atoms with Crippen molar-refractivity contribution in [3.8, 4) is 0 Å². The van der Waals surface area contributed by atoms with Gasteiger partial charge in [-0.25, -0.2) is 4.39 Å². The summed E-state index contributed by atoms with van der Waals surface area (Å²) in [5.41, 5.74) is 2.42. The van der Waals surface area contributed by atoms with Gasteiger partial charge in [0.2, 0.25) is 0 Å². The predicted molar refractivity (Wildman–Crippen MR) is 90.9 cm³/mol. The summed E-state index contributed by atoms with van der Waals surface area (Å²) in [5.74, 6) is -0.180. The SMILES string of the molecule is CSc1ccc(C(c2ccc(F)cc2)N2CCNCC2)cc1. The van der Waals surface area contributed by atoms with Crippen LogP contribution in [0.5, 0.6) is 0 Å². The van der Waals surface area contributed by atoms with Crippen molar-refractivity contribution in [1.82, 2.24) is 10.2 Å². The van der Waals surface area contributed by atoms with E-state index in [1.54, 1.807) is 23.9 Å². The lowest BCUT2D eigenvalue weighted by atomic mass is 9.96. The standard InChI is InChI=1S/C18H21FN2S/c1-22-17-8-4-15(5-9-17)18(21-12-10-20-11-13-21)14-2-6-16(19)7-3-14/h2-9,18,20H,10-13H2,1H3. The number of piperazine rings is 1. The van der Waals surface area contributed by atoms with Crippen LogP contribution in [0, 0.1) is 5.82 Å². The van der Waals surface area contributed by atoms with Crippen LogP contribution in [0.15, 0.2) is 53.4 Å². The molecule has 2 aromatic carbocycles. The number of halogens is 1. The van der Waals surface area contributed by atoms with Crippen molar-refractivity contribution in [2.75, 3.05) is 32.4 Å². The van der Waals surface area contributed by atoms with E-state index in [0.29, 0.717) is 0 Å². The number of nitrogens with one attached hydrogen (secondary N) is 1. The van der Waals surface area contributed by atoms with Crippen LogP contribution in [-0.2, 0) is 0 Å². The zero-order chi connectivity index (χ0) is 15.4. The fourth-order valence-corrected chi connectivity index (χ4v) is 3.39. The van der Waals surface area contributed by atoms with Crippen molar-refractivity contribution < 1.29 is 4.39 Å². The molecule has 0 amide bonds. The van der Waals surface area contributed by atoms with Gasteiger partial charge in [-0.05, 0) is 41.6 Å². The summed E-state index contributed by atoms with van der Waals surface area (Å²) >= 11 is 1.75. The summed E-state index contributed by atoms with van der Waals surface area (Å²) in [6.07, 6.45) is 2.09. The minimum atomic E-state index is -0.180. The van der Waals surface area contributed by atoms with Gasteiger partial charge in [-0.15, -0.1) is 11.8 Å². The molecule has 3 rings (SSSR count). The average Bonchev–Trinajstić information content (AvgIpc) is 2.58. The number of hydrogen-bond donors (Lipinski definition) is 1. The Morgan fingerprint density at radius 2 is 1.50 bits per heavy atom. The molecule has 1 aliphatic rings. The monoisotopic (exact) mass is 316 g/mol. The first-order valence-electron chi connectivity index (χ1n) is 7.62. The van der Waals surface area contributed by atoms with Crippen LogP contribution < -0.4 is 5.32 Å². The Morgan fingerprint density at radius 1 is 0.955 bits per heavy atom. The van der Waals surface area contributed by atoms with Crippen molar-refractivity contribution in [2.45, 2.75) is 10.9 Å². The van der Waals surface area contributed by atoms with Gasteiger partial charge in [-0.2, -0.15) is 0 Å². The molecule has 116 valence electrons. The quantitative estimate of drug-likeness (QED) is 0.869. The molecule has 0 bridgehead atoms. The van der Waals surface area contributed by atoms with Gasteiger partial charge in [0.15, 0.2) is 0 Å². The second-order valence-electron chi connectivity index (χ2n) is 5.51. The Labute approximate surface area is 135 Å². The average molecular weight is 316 g/mol. The van der Waals surface area contributed by atoms with Crippen molar-refractivity contribution in [3.63, 3.8) is 0 Å². The molecule has 22 heavy (non-hydrogen) atoms. The summed E-state index contributed by atoms with van der Waals surface area (Å²) in [5, 5.41) is 3.39. The van der Waals surface area contributed by atoms with Crippen LogP contribution in [0.3, 0.4) is 0 Å². The molecule has 0 aliphatic carbocycles. The zero-order valence-corrected chi connectivity index (χ0v) is 13.6. The van der Waals surface area contributed by atoms with Gasteiger partial charge in [-0.3, -0.25) is 4.90 Å². The Kier molecular flexibility index (Phi) is 5.13. The lowest BCUT2D eigenvalue weighted by Crippen LogP contribution is -2.45. The number of thioether (sulfide) groups is 1. The Morgan fingerprint density at radius 3 is 2.05 bits per heavy atom. The molecule has 2 nitrogen and oxygen atoms in total. The van der Waals surface area contributed by atoms with Crippen LogP contribution in [0.4, 0.5) is 4.39 Å². The zero-order valence-electron chi connectivity index (χ0n) is 12.8. The summed E-state index contributed by atoms with van der Waals surface area (Å²) in [7, 11) is 0. The Balaban J connectivity index is 1.95. The van der Waals surface area contributed by atoms with Gasteiger partial charge in [-0.1, -0.05) is 24.3 Å². The maximum Gasteiger partial charge on any atom is 0.123 e. The van der Waals surface area contributed by atoms with E-state index in [0.717, 1.165) is 31.7 Å². The second-order valence-corrected chi connectivity index (χ2v) is 6.39. The van der Waals surface area contributed by atoms with Crippen LogP contribution in [0.2, 0.25) is 0 Å². The van der Waals surface area contributed by atoms with E-state index in [1.165, 1.54) is 10.5 Å². The van der Waals surface area contributed by atoms with Crippen molar-refractivity contribution in [2.24, 2.45) is 0 Å². The number of rotatable bonds is 4. The van der Waals surface area contributed by atoms with Crippen LogP contribution in [0.25, 0.3) is 0 Å². The minimum absolute atomic E-state index is 0.180. The van der Waals surface area contributed by atoms with Crippen LogP contribution >= 0.6 is 11.8 Å². The largest absolute Gasteiger partial charge is 0.314 e. The smallest absolute Gasteiger partial charge is 0.123 e. The molecule has 0 spiro atoms. The van der Waals surface area contributed by atoms with Crippen LogP contribution in [-0.4, -0.2) is 37.3 Å². The van der Waals surface area contributed by atoms with Crippen molar-refractivity contribution in [3.05, 3.63) is 65.5 Å². The van der Waals surface area contributed by atoms with Gasteiger partial charge in [0.25, 0.3) is 0 Å². The first-order valence-corrected chi connectivity index (χ1v) is 8.84. The van der Waals surface area contributed by atoms with Gasteiger partial charge >= 0.3 is 0 Å². The summed E-state index contributed by atoms with van der Waals surface area (Å²) < 4.78 is 13.3. The lowest BCUT2D eigenvalue weighted by Gasteiger charge is -2.35. The highest BCUT2D eigenvalue weighted by Crippen LogP contribution is 2.30. The lowest BCUT2D eigenvalue weighted by molar-refractivity contribution is 0.198. The van der Waals surface area contributed by atoms with E-state index < -0.39 is 0 Å². The van der Waals surface area contributed by atoms with Gasteiger partial charge in [0.05, 0.1) is 6.04 Å². The molecule has 1 unspecified atom stereocenters. The van der Waals surface area contributed by atoms with Crippen LogP contribution in [0.1, 0.15) is 17.2 Å². The fraction of sp³-hybridized carbons (Fsp3) is 0.333. The highest BCUT2D eigenvalue weighted by Gasteiger charge is 2.23. The van der Waals surface area contributed by atoms with Crippen molar-refractivity contribution >= 4 is 11.8 Å². The molecule has 1 fully saturated rings. The molecule has 1 aliphatic heterocycles. The second kappa shape index (κ2) is 7.27. The highest BCUT2D eigenvalue weighted by molar-refractivity contribution is 7.98. The molecule has 1 atom stereocenters. The summed E-state index contributed by atoms with van der Waals surface area (Å²) in [6, 6.07) is 15.8. The predicted octanol–water partition coefficient (Wildman–Crippen LogP) is 3.54. The van der Waals surface area contributed by atoms with Crippen molar-refractivity contribution in [1.29, 1.82) is 0 Å². The Hall–Kier alpha value is -1.36. The topological polar surface area (TPSA) is 15.3 Å². The van der Waals surface area contributed by atoms with Gasteiger partial charge in [0.1, 0.15) is 5.82 Å². The molecule has 4 heteroatoms. The first-order chi connectivity index (χ1) is 10.8. The maximum atomic E-state index is 13.3. The van der Waals surface area contributed by atoms with Gasteiger partial charge in [0, 0.05) is 31.1 Å². The molecule has 1 N–H and O–H groups in total. The molecular formula is C18H21FN2S. The highest BCUT2D eigenvalue weighted by atomic mass is 32.2. The fourth-order valence-electron chi connectivity index (χ4n) is 2.99. The molecule has 1 saturated heterocycles. The van der Waals surface area contributed by atoms with E-state index in [-0.39, 0.29) is 11.9 Å². The summed E-state index contributed by atoms with van der Waals surface area (Å²) in [6.45, 7) is 4.01.